The number of hydrazone groups is 1. The first-order chi connectivity index (χ1) is 14.4. The average molecular weight is 403 g/mol. The summed E-state index contributed by atoms with van der Waals surface area (Å²) in [6.07, 6.45) is 1.84. The lowest BCUT2D eigenvalue weighted by molar-refractivity contribution is -0.153. The van der Waals surface area contributed by atoms with E-state index < -0.39 is 23.5 Å². The standard InChI is InChI=1S/C24H25N3O3/c1-15(28)23(29)22-24(30)26(3)14-20(27(22)25-2)21-18-10-6-4-8-16(18)12-13-17-9-5-7-11-19(17)21/h4-11,20-22H,2,12-14H2,1,3H3. The molecule has 1 heterocycles. The van der Waals surface area contributed by atoms with Gasteiger partial charge in [0, 0.05) is 33.2 Å². The molecule has 1 amide bonds. The first-order valence-electron chi connectivity index (χ1n) is 10.1. The lowest BCUT2D eigenvalue weighted by atomic mass is 9.80. The number of fused-ring (bicyclic) bond motifs is 2. The van der Waals surface area contributed by atoms with Gasteiger partial charge in [-0.05, 0) is 35.1 Å². The lowest BCUT2D eigenvalue weighted by Gasteiger charge is -2.45. The second kappa shape index (κ2) is 7.86. The maximum absolute atomic E-state index is 12.9. The van der Waals surface area contributed by atoms with Gasteiger partial charge in [0.1, 0.15) is 0 Å². The number of Topliss-reactive ketones (excluding diaryl/α,β-unsaturated/α-hetero) is 2. The Morgan fingerprint density at radius 3 is 2.03 bits per heavy atom. The van der Waals surface area contributed by atoms with Gasteiger partial charge in [-0.25, -0.2) is 0 Å². The number of carbonyl (C=O) groups is 3. The van der Waals surface area contributed by atoms with Gasteiger partial charge in [0.25, 0.3) is 5.91 Å². The van der Waals surface area contributed by atoms with E-state index in [1.54, 1.807) is 7.05 Å². The largest absolute Gasteiger partial charge is 0.341 e. The molecule has 2 atom stereocenters. The minimum atomic E-state index is -1.27. The zero-order valence-corrected chi connectivity index (χ0v) is 17.2. The second-order valence-corrected chi connectivity index (χ2v) is 8.01. The van der Waals surface area contributed by atoms with Gasteiger partial charge in [-0.15, -0.1) is 0 Å². The Balaban J connectivity index is 1.89. The molecule has 0 spiro atoms. The number of rotatable bonds is 4. The number of carbonyl (C=O) groups excluding carboxylic acids is 3. The molecular weight excluding hydrogens is 378 g/mol. The van der Waals surface area contributed by atoms with Crippen molar-refractivity contribution in [2.45, 2.75) is 37.8 Å². The van der Waals surface area contributed by atoms with Gasteiger partial charge in [0.15, 0.2) is 11.8 Å². The number of hydrogen-bond acceptors (Lipinski definition) is 5. The zero-order valence-electron chi connectivity index (χ0n) is 17.2. The molecule has 0 N–H and O–H groups in total. The topological polar surface area (TPSA) is 70.0 Å². The highest BCUT2D eigenvalue weighted by Gasteiger charge is 2.48. The summed E-state index contributed by atoms with van der Waals surface area (Å²) in [5.74, 6) is -1.94. The molecule has 1 saturated heterocycles. The zero-order chi connectivity index (χ0) is 21.4. The first kappa shape index (κ1) is 20.0. The van der Waals surface area contributed by atoms with Gasteiger partial charge in [0.05, 0.1) is 6.04 Å². The Labute approximate surface area is 176 Å². The molecule has 2 aromatic carbocycles. The van der Waals surface area contributed by atoms with Crippen LogP contribution in [0.25, 0.3) is 0 Å². The van der Waals surface area contributed by atoms with Crippen molar-refractivity contribution in [2.24, 2.45) is 5.10 Å². The van der Waals surface area contributed by atoms with Crippen LogP contribution in [-0.2, 0) is 27.2 Å². The van der Waals surface area contributed by atoms with Gasteiger partial charge < -0.3 is 4.90 Å². The van der Waals surface area contributed by atoms with Crippen LogP contribution >= 0.6 is 0 Å². The van der Waals surface area contributed by atoms with Crippen LogP contribution in [-0.4, -0.2) is 59.8 Å². The van der Waals surface area contributed by atoms with Crippen molar-refractivity contribution in [3.8, 4) is 0 Å². The number of aryl methyl sites for hydroxylation is 2. The molecular formula is C24H25N3O3. The molecule has 2 aromatic rings. The van der Waals surface area contributed by atoms with Crippen molar-refractivity contribution in [1.82, 2.24) is 9.91 Å². The Morgan fingerprint density at radius 1 is 1.00 bits per heavy atom. The third kappa shape index (κ3) is 3.22. The van der Waals surface area contributed by atoms with E-state index >= 15 is 0 Å². The van der Waals surface area contributed by atoms with E-state index in [-0.39, 0.29) is 12.0 Å². The summed E-state index contributed by atoms with van der Waals surface area (Å²) in [4.78, 5) is 39.0. The average Bonchev–Trinajstić information content (AvgIpc) is 2.91. The molecule has 0 radical (unpaired) electrons. The third-order valence-electron chi connectivity index (χ3n) is 6.26. The molecule has 6 heteroatoms. The number of likely N-dealkylation sites (N-methyl/N-ethyl adjacent to an activating group) is 1. The summed E-state index contributed by atoms with van der Waals surface area (Å²) in [5.41, 5.74) is 4.82. The van der Waals surface area contributed by atoms with Crippen LogP contribution in [0.1, 0.15) is 35.1 Å². The number of hydrogen-bond donors (Lipinski definition) is 0. The predicted octanol–water partition coefficient (Wildman–Crippen LogP) is 2.20. The van der Waals surface area contributed by atoms with Crippen LogP contribution in [0, 0.1) is 0 Å². The Hall–Kier alpha value is -3.28. The number of benzene rings is 2. The summed E-state index contributed by atoms with van der Waals surface area (Å²) in [5, 5.41) is 5.58. The number of amides is 1. The Morgan fingerprint density at radius 2 is 1.53 bits per heavy atom. The number of piperazine rings is 1. The van der Waals surface area contributed by atoms with Crippen molar-refractivity contribution in [1.29, 1.82) is 0 Å². The summed E-state index contributed by atoms with van der Waals surface area (Å²) >= 11 is 0. The van der Waals surface area contributed by atoms with E-state index in [9.17, 15) is 14.4 Å². The third-order valence-corrected chi connectivity index (χ3v) is 6.26. The maximum Gasteiger partial charge on any atom is 0.255 e. The van der Waals surface area contributed by atoms with Crippen molar-refractivity contribution >= 4 is 24.2 Å². The molecule has 2 unspecified atom stereocenters. The summed E-state index contributed by atoms with van der Waals surface area (Å²) in [6, 6.07) is 15.0. The quantitative estimate of drug-likeness (QED) is 0.446. The highest BCUT2D eigenvalue weighted by Crippen LogP contribution is 2.40. The SMILES string of the molecule is C=NN1C(C(=O)C(C)=O)C(=O)N(C)CC1C1c2ccccc2CCc2ccccc21. The molecule has 2 aliphatic rings. The van der Waals surface area contributed by atoms with Crippen molar-refractivity contribution < 1.29 is 14.4 Å². The molecule has 30 heavy (non-hydrogen) atoms. The molecule has 1 fully saturated rings. The summed E-state index contributed by atoms with van der Waals surface area (Å²) in [7, 11) is 1.67. The molecule has 1 aliphatic carbocycles. The first-order valence-corrected chi connectivity index (χ1v) is 10.1. The minimum Gasteiger partial charge on any atom is -0.341 e. The van der Waals surface area contributed by atoms with E-state index in [0.717, 1.165) is 24.0 Å². The fraction of sp³-hybridized carbons (Fsp3) is 0.333. The highest BCUT2D eigenvalue weighted by molar-refractivity contribution is 6.42. The molecule has 0 bridgehead atoms. The normalized spacial score (nSPS) is 21.5. The molecule has 154 valence electrons. The van der Waals surface area contributed by atoms with Crippen LogP contribution in [0.5, 0.6) is 0 Å². The minimum absolute atomic E-state index is 0.108. The van der Waals surface area contributed by atoms with E-state index in [4.69, 9.17) is 0 Å². The van der Waals surface area contributed by atoms with E-state index in [0.29, 0.717) is 6.54 Å². The van der Waals surface area contributed by atoms with Gasteiger partial charge in [-0.1, -0.05) is 48.5 Å². The van der Waals surface area contributed by atoms with Gasteiger partial charge in [-0.3, -0.25) is 19.4 Å². The van der Waals surface area contributed by atoms with Crippen LogP contribution < -0.4 is 0 Å². The summed E-state index contributed by atoms with van der Waals surface area (Å²) in [6.45, 7) is 5.23. The van der Waals surface area contributed by atoms with E-state index in [1.807, 2.05) is 24.3 Å². The molecule has 0 saturated carbocycles. The van der Waals surface area contributed by atoms with E-state index in [1.165, 1.54) is 28.0 Å². The van der Waals surface area contributed by atoms with Crippen molar-refractivity contribution in [3.63, 3.8) is 0 Å². The van der Waals surface area contributed by atoms with Gasteiger partial charge in [-0.2, -0.15) is 5.10 Å². The Kier molecular flexibility index (Phi) is 5.24. The van der Waals surface area contributed by atoms with Gasteiger partial charge >= 0.3 is 0 Å². The second-order valence-electron chi connectivity index (χ2n) is 8.01. The molecule has 1 aliphatic heterocycles. The molecule has 6 nitrogen and oxygen atoms in total. The van der Waals surface area contributed by atoms with Crippen molar-refractivity contribution in [2.75, 3.05) is 13.6 Å². The smallest absolute Gasteiger partial charge is 0.255 e. The van der Waals surface area contributed by atoms with Crippen LogP contribution in [0.15, 0.2) is 53.6 Å². The number of nitrogens with zero attached hydrogens (tertiary/aromatic N) is 3. The van der Waals surface area contributed by atoms with Crippen LogP contribution in [0.4, 0.5) is 0 Å². The maximum atomic E-state index is 12.9. The van der Waals surface area contributed by atoms with Gasteiger partial charge in [0.2, 0.25) is 5.78 Å². The monoisotopic (exact) mass is 403 g/mol. The summed E-state index contributed by atoms with van der Waals surface area (Å²) < 4.78 is 0. The highest BCUT2D eigenvalue weighted by atomic mass is 16.2. The van der Waals surface area contributed by atoms with E-state index in [2.05, 4.69) is 36.1 Å². The fourth-order valence-corrected chi connectivity index (χ4v) is 4.82. The van der Waals surface area contributed by atoms with Crippen LogP contribution in [0.3, 0.4) is 0 Å². The molecule has 0 aromatic heterocycles. The van der Waals surface area contributed by atoms with Crippen molar-refractivity contribution in [3.05, 3.63) is 70.8 Å². The lowest BCUT2D eigenvalue weighted by Crippen LogP contribution is -2.63. The fourth-order valence-electron chi connectivity index (χ4n) is 4.82. The number of ketones is 2. The Bertz CT molecular complexity index is 984. The predicted molar refractivity (Wildman–Crippen MR) is 114 cm³/mol. The van der Waals surface area contributed by atoms with Crippen LogP contribution in [0.2, 0.25) is 0 Å². The molecule has 4 rings (SSSR count).